The number of fused-ring (bicyclic) bond motifs is 3. The van der Waals surface area contributed by atoms with Crippen LogP contribution in [0.15, 0.2) is 12.1 Å². The Bertz CT molecular complexity index is 628. The lowest BCUT2D eigenvalue weighted by atomic mass is 9.88. The average molecular weight is 374 g/mol. The Morgan fingerprint density at radius 2 is 1.81 bits per heavy atom. The number of benzene rings is 1. The summed E-state index contributed by atoms with van der Waals surface area (Å²) in [5, 5.41) is 10.4. The molecule has 0 bridgehead atoms. The van der Waals surface area contributed by atoms with Crippen molar-refractivity contribution in [2.45, 2.75) is 90.0 Å². The monoisotopic (exact) mass is 373 g/mol. The molecule has 0 radical (unpaired) electrons. The first-order valence-electron chi connectivity index (χ1n) is 11.0. The molecule has 0 amide bonds. The third-order valence-electron chi connectivity index (χ3n) is 5.97. The number of piperidine rings is 1. The van der Waals surface area contributed by atoms with Crippen LogP contribution in [0.1, 0.15) is 94.3 Å². The Morgan fingerprint density at radius 3 is 2.59 bits per heavy atom. The molecule has 4 nitrogen and oxygen atoms in total. The maximum atomic E-state index is 12.5. The normalized spacial score (nSPS) is 18.9. The fraction of sp³-hybridized carbons (Fsp3) is 0.696. The fourth-order valence-electron chi connectivity index (χ4n) is 4.45. The highest BCUT2D eigenvalue weighted by Gasteiger charge is 2.35. The predicted octanol–water partition coefficient (Wildman–Crippen LogP) is 5.86. The number of ketones is 1. The fourth-order valence-corrected chi connectivity index (χ4v) is 4.45. The van der Waals surface area contributed by atoms with Crippen LogP contribution < -0.4 is 9.64 Å². The molecule has 1 atom stereocenters. The number of carbonyl (C=O) groups is 1. The summed E-state index contributed by atoms with van der Waals surface area (Å²) in [6, 6.07) is 3.88. The Morgan fingerprint density at radius 1 is 1.07 bits per heavy atom. The molecule has 2 heterocycles. The quantitative estimate of drug-likeness (QED) is 0.522. The Kier molecular flexibility index (Phi) is 7.42. The summed E-state index contributed by atoms with van der Waals surface area (Å²) in [6.45, 7) is 3.88. The van der Waals surface area contributed by atoms with Gasteiger partial charge in [-0.15, -0.1) is 0 Å². The Labute approximate surface area is 163 Å². The van der Waals surface area contributed by atoms with Crippen molar-refractivity contribution in [1.82, 2.24) is 0 Å². The molecular weight excluding hydrogens is 338 g/mol. The van der Waals surface area contributed by atoms with Crippen molar-refractivity contribution < 1.29 is 14.6 Å². The second-order valence-electron chi connectivity index (χ2n) is 8.13. The minimum Gasteiger partial charge on any atom is -0.507 e. The van der Waals surface area contributed by atoms with E-state index in [9.17, 15) is 9.90 Å². The van der Waals surface area contributed by atoms with Crippen molar-refractivity contribution in [3.05, 3.63) is 17.7 Å². The van der Waals surface area contributed by atoms with E-state index in [1.165, 1.54) is 51.4 Å². The van der Waals surface area contributed by atoms with E-state index < -0.39 is 0 Å². The molecule has 2 aliphatic rings. The zero-order valence-corrected chi connectivity index (χ0v) is 16.8. The lowest BCUT2D eigenvalue weighted by Crippen LogP contribution is -2.44. The van der Waals surface area contributed by atoms with Crippen molar-refractivity contribution >= 4 is 11.5 Å². The van der Waals surface area contributed by atoms with Gasteiger partial charge in [-0.3, -0.25) is 4.79 Å². The van der Waals surface area contributed by atoms with Crippen LogP contribution in [0.4, 0.5) is 5.69 Å². The number of phenols is 1. The summed E-state index contributed by atoms with van der Waals surface area (Å²) < 4.78 is 5.92. The lowest BCUT2D eigenvalue weighted by Gasteiger charge is -2.41. The van der Waals surface area contributed by atoms with Gasteiger partial charge in [0.05, 0.1) is 17.9 Å². The molecule has 1 aromatic carbocycles. The topological polar surface area (TPSA) is 49.8 Å². The summed E-state index contributed by atoms with van der Waals surface area (Å²) in [7, 11) is 0. The standard InChI is InChI=1S/C23H35NO3/c1-2-3-4-5-6-7-8-11-14-27-19-16-20-23(22(26)17-19)21(25)15-18-12-9-10-13-24(18)20/h16-18,26H,2-15H2,1H3. The molecule has 3 rings (SSSR count). The summed E-state index contributed by atoms with van der Waals surface area (Å²) >= 11 is 0. The number of ether oxygens (including phenoxy) is 1. The number of rotatable bonds is 10. The van der Waals surface area contributed by atoms with Crippen LogP contribution in [0.5, 0.6) is 11.5 Å². The lowest BCUT2D eigenvalue weighted by molar-refractivity contribution is 0.0958. The molecule has 1 unspecified atom stereocenters. The minimum absolute atomic E-state index is 0.0697. The number of anilines is 1. The highest BCUT2D eigenvalue weighted by molar-refractivity contribution is 6.06. The molecule has 2 aliphatic heterocycles. The van der Waals surface area contributed by atoms with Gasteiger partial charge < -0.3 is 14.7 Å². The van der Waals surface area contributed by atoms with E-state index in [2.05, 4.69) is 11.8 Å². The first-order valence-corrected chi connectivity index (χ1v) is 11.0. The Hall–Kier alpha value is -1.71. The van der Waals surface area contributed by atoms with E-state index >= 15 is 0 Å². The molecule has 1 aromatic rings. The molecule has 0 saturated carbocycles. The van der Waals surface area contributed by atoms with Crippen LogP contribution in [0.25, 0.3) is 0 Å². The molecule has 1 fully saturated rings. The molecular formula is C23H35NO3. The van der Waals surface area contributed by atoms with E-state index in [1.807, 2.05) is 6.07 Å². The molecule has 0 spiro atoms. The van der Waals surface area contributed by atoms with Gasteiger partial charge in [0.15, 0.2) is 5.78 Å². The highest BCUT2D eigenvalue weighted by atomic mass is 16.5. The van der Waals surface area contributed by atoms with Crippen molar-refractivity contribution in [2.24, 2.45) is 0 Å². The first-order chi connectivity index (χ1) is 13.2. The second kappa shape index (κ2) is 10.0. The highest BCUT2D eigenvalue weighted by Crippen LogP contribution is 2.42. The van der Waals surface area contributed by atoms with Crippen LogP contribution in [-0.2, 0) is 0 Å². The zero-order valence-electron chi connectivity index (χ0n) is 16.8. The van der Waals surface area contributed by atoms with Crippen molar-refractivity contribution in [3.8, 4) is 11.5 Å². The third-order valence-corrected chi connectivity index (χ3v) is 5.97. The number of nitrogens with zero attached hydrogens (tertiary/aromatic N) is 1. The van der Waals surface area contributed by atoms with Crippen LogP contribution in [0, 0.1) is 0 Å². The van der Waals surface area contributed by atoms with Gasteiger partial charge in [0, 0.05) is 31.1 Å². The summed E-state index contributed by atoms with van der Waals surface area (Å²) in [6.07, 6.45) is 14.1. The number of hydrogen-bond acceptors (Lipinski definition) is 4. The van der Waals surface area contributed by atoms with Gasteiger partial charge in [-0.05, 0) is 25.7 Å². The van der Waals surface area contributed by atoms with E-state index in [0.717, 1.165) is 31.5 Å². The molecule has 0 aliphatic carbocycles. The first kappa shape index (κ1) is 20.0. The van der Waals surface area contributed by atoms with Crippen LogP contribution >= 0.6 is 0 Å². The average Bonchev–Trinajstić information content (AvgIpc) is 2.66. The number of phenolic OH excluding ortho intramolecular Hbond substituents is 1. The smallest absolute Gasteiger partial charge is 0.170 e. The van der Waals surface area contributed by atoms with Gasteiger partial charge in [-0.1, -0.05) is 51.9 Å². The number of unbranched alkanes of at least 4 members (excludes halogenated alkanes) is 7. The van der Waals surface area contributed by atoms with E-state index in [-0.39, 0.29) is 11.5 Å². The van der Waals surface area contributed by atoms with Gasteiger partial charge in [0.2, 0.25) is 0 Å². The van der Waals surface area contributed by atoms with Crippen molar-refractivity contribution in [2.75, 3.05) is 18.1 Å². The molecule has 4 heteroatoms. The van der Waals surface area contributed by atoms with Gasteiger partial charge >= 0.3 is 0 Å². The minimum atomic E-state index is 0.0697. The molecule has 150 valence electrons. The number of Topliss-reactive ketones (excluding diaryl/α,β-unsaturated/α-hetero) is 1. The van der Waals surface area contributed by atoms with E-state index in [0.29, 0.717) is 30.4 Å². The maximum Gasteiger partial charge on any atom is 0.170 e. The van der Waals surface area contributed by atoms with Crippen LogP contribution in [-0.4, -0.2) is 30.1 Å². The molecule has 1 N–H and O–H groups in total. The summed E-state index contributed by atoms with van der Waals surface area (Å²) in [5.41, 5.74) is 1.37. The maximum absolute atomic E-state index is 12.5. The van der Waals surface area contributed by atoms with Crippen molar-refractivity contribution in [3.63, 3.8) is 0 Å². The molecule has 27 heavy (non-hydrogen) atoms. The number of carbonyl (C=O) groups excluding carboxylic acids is 1. The number of hydrogen-bond donors (Lipinski definition) is 1. The second-order valence-corrected chi connectivity index (χ2v) is 8.13. The van der Waals surface area contributed by atoms with Crippen LogP contribution in [0.2, 0.25) is 0 Å². The third kappa shape index (κ3) is 5.18. The Balaban J connectivity index is 1.51. The SMILES string of the molecule is CCCCCCCCCCOc1cc(O)c2c(c1)N1CCCCC1CC2=O. The number of aromatic hydroxyl groups is 1. The van der Waals surface area contributed by atoms with Gasteiger partial charge in [-0.25, -0.2) is 0 Å². The van der Waals surface area contributed by atoms with Crippen LogP contribution in [0.3, 0.4) is 0 Å². The van der Waals surface area contributed by atoms with Crippen molar-refractivity contribution in [1.29, 1.82) is 0 Å². The predicted molar refractivity (Wildman–Crippen MR) is 110 cm³/mol. The molecule has 1 saturated heterocycles. The van der Waals surface area contributed by atoms with Gasteiger partial charge in [0.25, 0.3) is 0 Å². The zero-order chi connectivity index (χ0) is 19.1. The molecule has 0 aromatic heterocycles. The van der Waals surface area contributed by atoms with Gasteiger partial charge in [0.1, 0.15) is 11.5 Å². The van der Waals surface area contributed by atoms with E-state index in [4.69, 9.17) is 4.74 Å². The van der Waals surface area contributed by atoms with E-state index in [1.54, 1.807) is 6.07 Å². The van der Waals surface area contributed by atoms with Gasteiger partial charge in [-0.2, -0.15) is 0 Å². The summed E-state index contributed by atoms with van der Waals surface area (Å²) in [4.78, 5) is 14.8. The summed E-state index contributed by atoms with van der Waals surface area (Å²) in [5.74, 6) is 0.834. The largest absolute Gasteiger partial charge is 0.507 e.